The molecule has 1 aliphatic heterocycles. The van der Waals surface area contributed by atoms with Crippen LogP contribution in [0.15, 0.2) is 56.8 Å². The molecule has 164 valence electrons. The molecule has 2 aromatic rings. The minimum Gasteiger partial charge on any atom is -0.490 e. The Bertz CT molecular complexity index is 961. The maximum atomic E-state index is 12.4. The maximum absolute atomic E-state index is 12.4. The summed E-state index contributed by atoms with van der Waals surface area (Å²) >= 11 is 4.93. The Hall–Kier alpha value is -2.25. The van der Waals surface area contributed by atoms with Gasteiger partial charge in [-0.05, 0) is 76.9 Å². The van der Waals surface area contributed by atoms with Gasteiger partial charge in [-0.3, -0.25) is 4.79 Å². The van der Waals surface area contributed by atoms with E-state index in [0.717, 1.165) is 28.6 Å². The first-order chi connectivity index (χ1) is 15.1. The molecule has 7 heteroatoms. The Morgan fingerprint density at radius 2 is 1.90 bits per heavy atom. The second kappa shape index (κ2) is 12.0. The van der Waals surface area contributed by atoms with E-state index in [1.54, 1.807) is 0 Å². The lowest BCUT2D eigenvalue weighted by molar-refractivity contribution is -0.115. The monoisotopic (exact) mass is 502 g/mol. The van der Waals surface area contributed by atoms with Crippen LogP contribution < -0.4 is 14.8 Å². The van der Waals surface area contributed by atoms with E-state index in [1.165, 1.54) is 24.6 Å². The molecule has 5 nitrogen and oxygen atoms in total. The number of amides is 1. The van der Waals surface area contributed by atoms with Gasteiger partial charge in [-0.15, -0.1) is 0 Å². The number of hydrogen-bond donors (Lipinski definition) is 1. The van der Waals surface area contributed by atoms with Crippen molar-refractivity contribution >= 4 is 50.5 Å². The molecular weight excluding hydrogens is 476 g/mol. The van der Waals surface area contributed by atoms with E-state index in [1.807, 2.05) is 55.5 Å². The zero-order valence-electron chi connectivity index (χ0n) is 17.8. The van der Waals surface area contributed by atoms with Crippen molar-refractivity contribution in [1.29, 1.82) is 0 Å². The highest BCUT2D eigenvalue weighted by Crippen LogP contribution is 2.38. The summed E-state index contributed by atoms with van der Waals surface area (Å²) < 4.78 is 12.6. The number of carbonyl (C=O) groups is 1. The molecule has 0 saturated carbocycles. The molecule has 0 atom stereocenters. The van der Waals surface area contributed by atoms with Gasteiger partial charge in [0, 0.05) is 0 Å². The van der Waals surface area contributed by atoms with Crippen molar-refractivity contribution in [2.24, 2.45) is 4.99 Å². The third kappa shape index (κ3) is 6.87. The molecular formula is C24H27BrN2O3S. The van der Waals surface area contributed by atoms with Gasteiger partial charge in [0.15, 0.2) is 16.7 Å². The molecule has 1 fully saturated rings. The molecule has 0 unspecified atom stereocenters. The van der Waals surface area contributed by atoms with Gasteiger partial charge in [0.05, 0.1) is 28.3 Å². The highest BCUT2D eigenvalue weighted by Gasteiger charge is 2.24. The van der Waals surface area contributed by atoms with Crippen molar-refractivity contribution in [2.45, 2.75) is 39.5 Å². The smallest absolute Gasteiger partial charge is 0.264 e. The Labute approximate surface area is 196 Å². The first kappa shape index (κ1) is 23.4. The Balaban J connectivity index is 1.76. The van der Waals surface area contributed by atoms with Gasteiger partial charge in [0.25, 0.3) is 5.91 Å². The lowest BCUT2D eigenvalue weighted by atomic mass is 10.1. The van der Waals surface area contributed by atoms with Gasteiger partial charge in [-0.2, -0.15) is 0 Å². The van der Waals surface area contributed by atoms with Gasteiger partial charge >= 0.3 is 0 Å². The highest BCUT2D eigenvalue weighted by molar-refractivity contribution is 9.10. The van der Waals surface area contributed by atoms with Crippen LogP contribution in [-0.2, 0) is 4.79 Å². The molecule has 1 N–H and O–H groups in total. The lowest BCUT2D eigenvalue weighted by Gasteiger charge is -2.15. The zero-order chi connectivity index (χ0) is 22.1. The summed E-state index contributed by atoms with van der Waals surface area (Å²) in [6.07, 6.45) is 6.41. The molecule has 3 rings (SSSR count). The Kier molecular flexibility index (Phi) is 9.03. The van der Waals surface area contributed by atoms with Crippen LogP contribution in [0.25, 0.3) is 6.08 Å². The summed E-state index contributed by atoms with van der Waals surface area (Å²) in [6.45, 7) is 5.31. The third-order valence-corrected chi connectivity index (χ3v) is 6.01. The summed E-state index contributed by atoms with van der Waals surface area (Å²) in [7, 11) is 0. The molecule has 0 aliphatic carbocycles. The molecule has 1 amide bonds. The molecule has 0 spiro atoms. The number of unbranched alkanes of at least 4 members (excludes halogenated alkanes) is 3. The van der Waals surface area contributed by atoms with Crippen LogP contribution in [0.2, 0.25) is 0 Å². The summed E-state index contributed by atoms with van der Waals surface area (Å²) in [5.74, 6) is 1.21. The minimum atomic E-state index is -0.162. The highest BCUT2D eigenvalue weighted by atomic mass is 79.9. The number of para-hydroxylation sites is 1. The number of thioether (sulfide) groups is 1. The van der Waals surface area contributed by atoms with Crippen molar-refractivity contribution in [3.05, 3.63) is 57.4 Å². The Morgan fingerprint density at radius 1 is 1.10 bits per heavy atom. The topological polar surface area (TPSA) is 59.9 Å². The first-order valence-electron chi connectivity index (χ1n) is 10.5. The second-order valence-electron chi connectivity index (χ2n) is 6.99. The number of rotatable bonds is 10. The molecule has 31 heavy (non-hydrogen) atoms. The van der Waals surface area contributed by atoms with Crippen molar-refractivity contribution in [2.75, 3.05) is 13.2 Å². The zero-order valence-corrected chi connectivity index (χ0v) is 20.2. The van der Waals surface area contributed by atoms with Gasteiger partial charge in [-0.25, -0.2) is 4.99 Å². The van der Waals surface area contributed by atoms with Crippen LogP contribution in [0.4, 0.5) is 5.69 Å². The van der Waals surface area contributed by atoms with Crippen molar-refractivity contribution in [1.82, 2.24) is 5.32 Å². The summed E-state index contributed by atoms with van der Waals surface area (Å²) in [4.78, 5) is 17.5. The van der Waals surface area contributed by atoms with E-state index in [0.29, 0.717) is 34.8 Å². The third-order valence-electron chi connectivity index (χ3n) is 4.51. The average molecular weight is 503 g/mol. The molecule has 0 radical (unpaired) electrons. The summed E-state index contributed by atoms with van der Waals surface area (Å²) in [5.41, 5.74) is 1.65. The lowest BCUT2D eigenvalue weighted by Crippen LogP contribution is -2.19. The molecule has 0 aromatic heterocycles. The normalized spacial score (nSPS) is 16.0. The van der Waals surface area contributed by atoms with Gasteiger partial charge in [0.1, 0.15) is 0 Å². The molecule has 2 aromatic carbocycles. The van der Waals surface area contributed by atoms with E-state index >= 15 is 0 Å². The number of halogens is 1. The Morgan fingerprint density at radius 3 is 2.65 bits per heavy atom. The van der Waals surface area contributed by atoms with Crippen LogP contribution in [0.5, 0.6) is 11.5 Å². The van der Waals surface area contributed by atoms with Crippen LogP contribution in [0.1, 0.15) is 45.1 Å². The number of nitrogens with one attached hydrogen (secondary N) is 1. The number of ether oxygens (including phenoxy) is 2. The van der Waals surface area contributed by atoms with Crippen molar-refractivity contribution in [3.8, 4) is 11.5 Å². The maximum Gasteiger partial charge on any atom is 0.264 e. The predicted octanol–water partition coefficient (Wildman–Crippen LogP) is 6.70. The number of amidine groups is 1. The summed E-state index contributed by atoms with van der Waals surface area (Å²) in [5, 5.41) is 3.39. The molecule has 1 saturated heterocycles. The van der Waals surface area contributed by atoms with Crippen molar-refractivity contribution in [3.63, 3.8) is 0 Å². The van der Waals surface area contributed by atoms with Crippen molar-refractivity contribution < 1.29 is 14.3 Å². The number of hydrogen-bond acceptors (Lipinski definition) is 5. The number of aliphatic imine (C=N–C) groups is 1. The van der Waals surface area contributed by atoms with Crippen LogP contribution in [0, 0.1) is 0 Å². The van der Waals surface area contributed by atoms with E-state index in [9.17, 15) is 4.79 Å². The van der Waals surface area contributed by atoms with Crippen LogP contribution in [0.3, 0.4) is 0 Å². The SMILES string of the molecule is CCCCCCOc1c(Br)cc(/C=C2/SC(=Nc3ccccc3)NC2=O)cc1OCC. The van der Waals surface area contributed by atoms with E-state index < -0.39 is 0 Å². The van der Waals surface area contributed by atoms with E-state index in [4.69, 9.17) is 9.47 Å². The number of carbonyl (C=O) groups excluding carboxylic acids is 1. The molecule has 1 aliphatic rings. The largest absolute Gasteiger partial charge is 0.490 e. The first-order valence-corrected chi connectivity index (χ1v) is 12.2. The van der Waals surface area contributed by atoms with E-state index in [2.05, 4.69) is 33.2 Å². The van der Waals surface area contributed by atoms with E-state index in [-0.39, 0.29) is 5.91 Å². The van der Waals surface area contributed by atoms with Gasteiger partial charge in [0.2, 0.25) is 0 Å². The molecule has 1 heterocycles. The summed E-state index contributed by atoms with van der Waals surface area (Å²) in [6, 6.07) is 13.4. The minimum absolute atomic E-state index is 0.162. The fraction of sp³-hybridized carbons (Fsp3) is 0.333. The number of benzene rings is 2. The van der Waals surface area contributed by atoms with Crippen LogP contribution in [-0.4, -0.2) is 24.3 Å². The fourth-order valence-corrected chi connectivity index (χ4v) is 4.45. The number of nitrogens with zero attached hydrogens (tertiary/aromatic N) is 1. The van der Waals surface area contributed by atoms with Gasteiger partial charge < -0.3 is 14.8 Å². The average Bonchev–Trinajstić information content (AvgIpc) is 3.09. The van der Waals surface area contributed by atoms with Gasteiger partial charge in [-0.1, -0.05) is 44.4 Å². The predicted molar refractivity (Wildman–Crippen MR) is 132 cm³/mol. The standard InChI is InChI=1S/C24H27BrN2O3S/c1-3-5-6-10-13-30-22-19(25)14-17(15-20(22)29-4-2)16-21-23(28)27-24(31-21)26-18-11-8-7-9-12-18/h7-9,11-12,14-16H,3-6,10,13H2,1-2H3,(H,26,27,28)/b21-16+. The van der Waals surface area contributed by atoms with Crippen LogP contribution >= 0.6 is 27.7 Å². The molecule has 0 bridgehead atoms. The second-order valence-corrected chi connectivity index (χ2v) is 8.87. The quantitative estimate of drug-likeness (QED) is 0.290. The fourth-order valence-electron chi connectivity index (χ4n) is 3.03.